The van der Waals surface area contributed by atoms with E-state index < -0.39 is 6.10 Å². The van der Waals surface area contributed by atoms with Crippen LogP contribution in [0.4, 0.5) is 0 Å². The highest BCUT2D eigenvalue weighted by Crippen LogP contribution is 2.17. The van der Waals surface area contributed by atoms with Crippen LogP contribution in [0.25, 0.3) is 0 Å². The zero-order valence-electron chi connectivity index (χ0n) is 41.6. The molecule has 0 unspecified atom stereocenters. The largest absolute Gasteiger partial charge is 0.462 e. The molecule has 6 nitrogen and oxygen atoms in total. The lowest BCUT2D eigenvalue weighted by atomic mass is 10.0. The van der Waals surface area contributed by atoms with Gasteiger partial charge in [0, 0.05) is 19.3 Å². The predicted octanol–water partition coefficient (Wildman–Crippen LogP) is 17.8. The summed E-state index contributed by atoms with van der Waals surface area (Å²) in [6, 6.07) is 0. The molecule has 0 saturated carbocycles. The minimum absolute atomic E-state index is 0.0629. The lowest BCUT2D eigenvalue weighted by Crippen LogP contribution is -2.30. The fourth-order valence-electron chi connectivity index (χ4n) is 8.39. The summed E-state index contributed by atoms with van der Waals surface area (Å²) in [5.74, 6) is -0.0621. The van der Waals surface area contributed by atoms with E-state index >= 15 is 0 Å². The van der Waals surface area contributed by atoms with Crippen molar-refractivity contribution in [2.24, 2.45) is 5.92 Å². The number of hydrogen-bond acceptors (Lipinski definition) is 6. The van der Waals surface area contributed by atoms with E-state index in [4.69, 9.17) is 14.2 Å². The second-order valence-electron chi connectivity index (χ2n) is 19.3. The highest BCUT2D eigenvalue weighted by atomic mass is 16.6. The number of carbonyl (C=O) groups is 3. The molecule has 0 aliphatic heterocycles. The van der Waals surface area contributed by atoms with Crippen LogP contribution in [0.2, 0.25) is 0 Å². The van der Waals surface area contributed by atoms with Crippen LogP contribution in [-0.2, 0) is 28.6 Å². The van der Waals surface area contributed by atoms with Crippen LogP contribution in [0.15, 0.2) is 0 Å². The van der Waals surface area contributed by atoms with Gasteiger partial charge in [-0.15, -0.1) is 0 Å². The van der Waals surface area contributed by atoms with Gasteiger partial charge in [-0.1, -0.05) is 272 Å². The van der Waals surface area contributed by atoms with E-state index in [1.54, 1.807) is 0 Å². The van der Waals surface area contributed by atoms with Gasteiger partial charge in [0.2, 0.25) is 0 Å². The van der Waals surface area contributed by atoms with Gasteiger partial charge < -0.3 is 14.2 Å². The molecule has 0 aliphatic carbocycles. The minimum Gasteiger partial charge on any atom is -0.462 e. The van der Waals surface area contributed by atoms with Gasteiger partial charge in [0.1, 0.15) is 13.2 Å². The molecule has 0 aromatic heterocycles. The van der Waals surface area contributed by atoms with Gasteiger partial charge in [-0.3, -0.25) is 14.4 Å². The molecule has 0 aliphatic rings. The zero-order valence-corrected chi connectivity index (χ0v) is 41.6. The fourth-order valence-corrected chi connectivity index (χ4v) is 8.39. The van der Waals surface area contributed by atoms with E-state index in [-0.39, 0.29) is 31.1 Å². The molecule has 1 atom stereocenters. The number of ether oxygens (including phenoxy) is 3. The summed E-state index contributed by atoms with van der Waals surface area (Å²) in [5, 5.41) is 0. The molecule has 0 rings (SSSR count). The van der Waals surface area contributed by atoms with E-state index in [9.17, 15) is 14.4 Å². The Morgan fingerprint density at radius 3 is 0.803 bits per heavy atom. The normalized spacial score (nSPS) is 12.0. The van der Waals surface area contributed by atoms with E-state index in [2.05, 4.69) is 27.7 Å². The molecular formula is C55H106O6. The van der Waals surface area contributed by atoms with Crippen LogP contribution >= 0.6 is 0 Å². The van der Waals surface area contributed by atoms with Gasteiger partial charge in [-0.2, -0.15) is 0 Å². The molecule has 0 bridgehead atoms. The Hall–Kier alpha value is -1.59. The first-order valence-corrected chi connectivity index (χ1v) is 27.4. The van der Waals surface area contributed by atoms with Crippen LogP contribution in [0.3, 0.4) is 0 Å². The maximum atomic E-state index is 12.8. The first kappa shape index (κ1) is 59.4. The summed E-state index contributed by atoms with van der Waals surface area (Å²) in [7, 11) is 0. The van der Waals surface area contributed by atoms with Crippen LogP contribution in [-0.4, -0.2) is 37.2 Å². The lowest BCUT2D eigenvalue weighted by Gasteiger charge is -2.18. The van der Waals surface area contributed by atoms with Gasteiger partial charge in [-0.05, 0) is 25.2 Å². The predicted molar refractivity (Wildman–Crippen MR) is 261 cm³/mol. The Bertz CT molecular complexity index is 918. The first-order chi connectivity index (χ1) is 29.9. The average molecular weight is 863 g/mol. The Kier molecular flexibility index (Phi) is 48.1. The van der Waals surface area contributed by atoms with Gasteiger partial charge >= 0.3 is 17.9 Å². The van der Waals surface area contributed by atoms with Gasteiger partial charge in [0.15, 0.2) is 6.10 Å². The van der Waals surface area contributed by atoms with E-state index in [0.717, 1.165) is 63.7 Å². The third-order valence-corrected chi connectivity index (χ3v) is 12.5. The highest BCUT2D eigenvalue weighted by Gasteiger charge is 2.19. The Labute approximate surface area is 380 Å². The van der Waals surface area contributed by atoms with Gasteiger partial charge in [0.05, 0.1) is 0 Å². The molecule has 0 N–H and O–H groups in total. The summed E-state index contributed by atoms with van der Waals surface area (Å²) in [5.41, 5.74) is 0. The monoisotopic (exact) mass is 863 g/mol. The van der Waals surface area contributed by atoms with Crippen molar-refractivity contribution >= 4 is 17.9 Å². The Morgan fingerprint density at radius 1 is 0.311 bits per heavy atom. The smallest absolute Gasteiger partial charge is 0.306 e. The van der Waals surface area contributed by atoms with Crippen molar-refractivity contribution in [2.75, 3.05) is 13.2 Å². The SMILES string of the molecule is CCCCCCCCCCCCCCCCCCCCC(=O)OC[C@@H](COC(=O)CCCCCCCCCC(C)C)OC(=O)CCCCCCCCCCCCCCCCC. The maximum Gasteiger partial charge on any atom is 0.306 e. The van der Waals surface area contributed by atoms with Crippen molar-refractivity contribution in [1.29, 1.82) is 0 Å². The van der Waals surface area contributed by atoms with Gasteiger partial charge in [-0.25, -0.2) is 0 Å². The van der Waals surface area contributed by atoms with Crippen LogP contribution < -0.4 is 0 Å². The summed E-state index contributed by atoms with van der Waals surface area (Å²) >= 11 is 0. The number of esters is 3. The quantitative estimate of drug-likeness (QED) is 0.0344. The molecule has 61 heavy (non-hydrogen) atoms. The van der Waals surface area contributed by atoms with Crippen molar-refractivity contribution in [3.05, 3.63) is 0 Å². The van der Waals surface area contributed by atoms with E-state index in [1.807, 2.05) is 0 Å². The molecule has 0 heterocycles. The Morgan fingerprint density at radius 2 is 0.541 bits per heavy atom. The van der Waals surface area contributed by atoms with Gasteiger partial charge in [0.25, 0.3) is 0 Å². The molecule has 0 fully saturated rings. The van der Waals surface area contributed by atoms with Crippen molar-refractivity contribution in [2.45, 2.75) is 316 Å². The van der Waals surface area contributed by atoms with Crippen molar-refractivity contribution in [3.8, 4) is 0 Å². The molecular weight excluding hydrogens is 757 g/mol. The maximum absolute atomic E-state index is 12.8. The minimum atomic E-state index is -0.761. The third kappa shape index (κ3) is 49.3. The standard InChI is InChI=1S/C55H106O6/c1-5-7-9-11-13-15-17-19-21-22-23-25-26-28-30-34-38-42-46-53(56)59-49-52(50-60-54(57)47-43-39-36-32-33-37-41-45-51(3)4)61-55(58)48-44-40-35-31-29-27-24-20-18-16-14-12-10-8-6-2/h51-52H,5-50H2,1-4H3/t52-/m0/s1. The molecule has 0 amide bonds. The second kappa shape index (κ2) is 49.4. The van der Waals surface area contributed by atoms with E-state index in [0.29, 0.717) is 19.3 Å². The van der Waals surface area contributed by atoms with Crippen molar-refractivity contribution in [3.63, 3.8) is 0 Å². The van der Waals surface area contributed by atoms with E-state index in [1.165, 1.54) is 205 Å². The zero-order chi connectivity index (χ0) is 44.5. The Balaban J connectivity index is 4.25. The molecule has 0 saturated heterocycles. The molecule has 362 valence electrons. The van der Waals surface area contributed by atoms with Crippen LogP contribution in [0.5, 0.6) is 0 Å². The number of rotatable bonds is 50. The number of carbonyl (C=O) groups excluding carboxylic acids is 3. The van der Waals surface area contributed by atoms with Crippen LogP contribution in [0, 0.1) is 5.92 Å². The summed E-state index contributed by atoms with van der Waals surface area (Å²) in [4.78, 5) is 38.0. The summed E-state index contributed by atoms with van der Waals surface area (Å²) in [6.45, 7) is 8.99. The molecule has 6 heteroatoms. The van der Waals surface area contributed by atoms with Crippen molar-refractivity contribution < 1.29 is 28.6 Å². The third-order valence-electron chi connectivity index (χ3n) is 12.5. The molecule has 0 aromatic carbocycles. The highest BCUT2D eigenvalue weighted by molar-refractivity contribution is 5.71. The average Bonchev–Trinajstić information content (AvgIpc) is 3.24. The molecule has 0 spiro atoms. The lowest BCUT2D eigenvalue weighted by molar-refractivity contribution is -0.167. The van der Waals surface area contributed by atoms with Crippen molar-refractivity contribution in [1.82, 2.24) is 0 Å². The summed E-state index contributed by atoms with van der Waals surface area (Å²) < 4.78 is 16.8. The number of hydrogen-bond donors (Lipinski definition) is 0. The van der Waals surface area contributed by atoms with Crippen LogP contribution in [0.1, 0.15) is 310 Å². The molecule has 0 aromatic rings. The second-order valence-corrected chi connectivity index (χ2v) is 19.3. The first-order valence-electron chi connectivity index (χ1n) is 27.4. The number of unbranched alkanes of at least 4 members (excludes halogenated alkanes) is 37. The summed E-state index contributed by atoms with van der Waals surface area (Å²) in [6.07, 6.45) is 52.4. The fraction of sp³-hybridized carbons (Fsp3) is 0.945. The molecule has 0 radical (unpaired) electrons. The topological polar surface area (TPSA) is 78.9 Å².